The second-order valence-corrected chi connectivity index (χ2v) is 9.94. The lowest BCUT2D eigenvalue weighted by Gasteiger charge is -2.27. The Hall–Kier alpha value is -1.87. The van der Waals surface area contributed by atoms with Crippen LogP contribution in [0.25, 0.3) is 11.4 Å². The van der Waals surface area contributed by atoms with E-state index in [1.54, 1.807) is 4.90 Å². The van der Waals surface area contributed by atoms with Gasteiger partial charge in [-0.1, -0.05) is 48.5 Å². The topological polar surface area (TPSA) is 96.0 Å². The van der Waals surface area contributed by atoms with Crippen LogP contribution < -0.4 is 0 Å². The van der Waals surface area contributed by atoms with Crippen LogP contribution in [0.3, 0.4) is 0 Å². The molecule has 0 radical (unpaired) electrons. The van der Waals surface area contributed by atoms with Gasteiger partial charge in [-0.25, -0.2) is 13.4 Å². The molecule has 1 saturated heterocycles. The van der Waals surface area contributed by atoms with Gasteiger partial charge in [0.25, 0.3) is 0 Å². The number of amides is 1. The van der Waals surface area contributed by atoms with Crippen molar-refractivity contribution in [2.75, 3.05) is 23.8 Å². The Balaban J connectivity index is 1.61. The van der Waals surface area contributed by atoms with Crippen molar-refractivity contribution in [1.82, 2.24) is 20.1 Å². The quantitative estimate of drug-likeness (QED) is 0.706. The summed E-state index contributed by atoms with van der Waals surface area (Å²) < 4.78 is 23.5. The van der Waals surface area contributed by atoms with Gasteiger partial charge in [0.1, 0.15) is 0 Å². The van der Waals surface area contributed by atoms with Gasteiger partial charge < -0.3 is 4.90 Å². The number of nitrogens with zero attached hydrogens (tertiary/aromatic N) is 3. The second kappa shape index (κ2) is 8.43. The molecule has 2 aromatic rings. The summed E-state index contributed by atoms with van der Waals surface area (Å²) in [6.07, 6.45) is 1.32. The number of carbonyl (C=O) groups is 1. The highest BCUT2D eigenvalue weighted by molar-refractivity contribution is 7.99. The second-order valence-electron chi connectivity index (χ2n) is 6.77. The van der Waals surface area contributed by atoms with E-state index >= 15 is 0 Å². The number of aryl methyl sites for hydroxylation is 1. The average molecular weight is 409 g/mol. The van der Waals surface area contributed by atoms with E-state index in [1.165, 1.54) is 17.3 Å². The van der Waals surface area contributed by atoms with Crippen molar-refractivity contribution in [2.45, 2.75) is 37.9 Å². The standard InChI is InChI=1S/C18H24N4O3S2/c1-3-9-22(15-8-10-27(24,25)12-15)16(23)11-26-18-19-17(20-21-18)14-6-4-13(2)5-7-14/h4-7,15H,3,8-12H2,1-2H3,(H,19,20,21)/t15-/m0/s1. The van der Waals surface area contributed by atoms with Crippen molar-refractivity contribution in [1.29, 1.82) is 0 Å². The Bertz CT molecular complexity index is 894. The molecule has 1 aliphatic heterocycles. The predicted octanol–water partition coefficient (Wildman–Crippen LogP) is 2.30. The first-order valence-corrected chi connectivity index (χ1v) is 11.8. The molecule has 1 N–H and O–H groups in total. The van der Waals surface area contributed by atoms with Gasteiger partial charge in [0.15, 0.2) is 15.7 Å². The van der Waals surface area contributed by atoms with Gasteiger partial charge in [0.2, 0.25) is 11.1 Å². The zero-order valence-corrected chi connectivity index (χ0v) is 17.1. The molecule has 3 rings (SSSR count). The molecular weight excluding hydrogens is 384 g/mol. The van der Waals surface area contributed by atoms with Crippen molar-refractivity contribution < 1.29 is 13.2 Å². The van der Waals surface area contributed by atoms with Crippen LogP contribution in [-0.2, 0) is 14.6 Å². The van der Waals surface area contributed by atoms with Crippen LogP contribution in [0.1, 0.15) is 25.3 Å². The summed E-state index contributed by atoms with van der Waals surface area (Å²) in [5, 5.41) is 7.58. The molecular formula is C18H24N4O3S2. The minimum Gasteiger partial charge on any atom is -0.338 e. The zero-order valence-electron chi connectivity index (χ0n) is 15.5. The monoisotopic (exact) mass is 408 g/mol. The number of aromatic nitrogens is 3. The van der Waals surface area contributed by atoms with E-state index in [-0.39, 0.29) is 29.2 Å². The normalized spacial score (nSPS) is 18.5. The molecule has 0 spiro atoms. The summed E-state index contributed by atoms with van der Waals surface area (Å²) in [5.41, 5.74) is 2.11. The highest BCUT2D eigenvalue weighted by Gasteiger charge is 2.34. The van der Waals surface area contributed by atoms with Crippen molar-refractivity contribution in [3.63, 3.8) is 0 Å². The van der Waals surface area contributed by atoms with E-state index in [0.29, 0.717) is 23.9 Å². The third-order valence-electron chi connectivity index (χ3n) is 4.55. The Morgan fingerprint density at radius 1 is 1.33 bits per heavy atom. The van der Waals surface area contributed by atoms with Gasteiger partial charge in [-0.3, -0.25) is 9.89 Å². The maximum Gasteiger partial charge on any atom is 0.233 e. The first-order chi connectivity index (χ1) is 12.9. The maximum atomic E-state index is 12.7. The highest BCUT2D eigenvalue weighted by atomic mass is 32.2. The molecule has 0 bridgehead atoms. The smallest absolute Gasteiger partial charge is 0.233 e. The van der Waals surface area contributed by atoms with Crippen molar-refractivity contribution in [3.05, 3.63) is 29.8 Å². The molecule has 1 aromatic carbocycles. The summed E-state index contributed by atoms with van der Waals surface area (Å²) in [6.45, 7) is 4.58. The molecule has 146 valence electrons. The number of hydrogen-bond acceptors (Lipinski definition) is 6. The third kappa shape index (κ3) is 5.10. The molecule has 1 atom stereocenters. The molecule has 1 fully saturated rings. The van der Waals surface area contributed by atoms with Crippen molar-refractivity contribution in [2.24, 2.45) is 0 Å². The first kappa shape index (κ1) is 19.9. The summed E-state index contributed by atoms with van der Waals surface area (Å²) in [4.78, 5) is 18.8. The van der Waals surface area contributed by atoms with E-state index < -0.39 is 9.84 Å². The van der Waals surface area contributed by atoms with E-state index in [0.717, 1.165) is 12.0 Å². The number of H-pyrrole nitrogens is 1. The Kier molecular flexibility index (Phi) is 6.21. The minimum absolute atomic E-state index is 0.0642. The van der Waals surface area contributed by atoms with Gasteiger partial charge in [0.05, 0.1) is 17.3 Å². The van der Waals surface area contributed by atoms with Crippen LogP contribution in [0.5, 0.6) is 0 Å². The van der Waals surface area contributed by atoms with E-state index in [4.69, 9.17) is 0 Å². The van der Waals surface area contributed by atoms with Crippen LogP contribution in [-0.4, -0.2) is 64.3 Å². The van der Waals surface area contributed by atoms with Gasteiger partial charge in [-0.2, -0.15) is 0 Å². The van der Waals surface area contributed by atoms with Crippen LogP contribution >= 0.6 is 11.8 Å². The van der Waals surface area contributed by atoms with Crippen LogP contribution in [0.15, 0.2) is 29.4 Å². The fourth-order valence-electron chi connectivity index (χ4n) is 3.13. The summed E-state index contributed by atoms with van der Waals surface area (Å²) >= 11 is 1.27. The SMILES string of the molecule is CCCN(C(=O)CSc1n[nH]c(-c2ccc(C)cc2)n1)[C@H]1CCS(=O)(=O)C1. The number of sulfone groups is 1. The molecule has 9 heteroatoms. The molecule has 0 unspecified atom stereocenters. The van der Waals surface area contributed by atoms with Gasteiger partial charge in [-0.05, 0) is 19.8 Å². The van der Waals surface area contributed by atoms with E-state index in [9.17, 15) is 13.2 Å². The molecule has 1 amide bonds. The Morgan fingerprint density at radius 3 is 2.70 bits per heavy atom. The van der Waals surface area contributed by atoms with Gasteiger partial charge in [-0.15, -0.1) is 5.10 Å². The van der Waals surface area contributed by atoms with Gasteiger partial charge in [0, 0.05) is 18.2 Å². The molecule has 0 aliphatic carbocycles. The fraction of sp³-hybridized carbons (Fsp3) is 0.500. The van der Waals surface area contributed by atoms with Crippen LogP contribution in [0.2, 0.25) is 0 Å². The molecule has 0 saturated carbocycles. The number of hydrogen-bond donors (Lipinski definition) is 1. The molecule has 27 heavy (non-hydrogen) atoms. The molecule has 1 aliphatic rings. The van der Waals surface area contributed by atoms with Crippen LogP contribution in [0.4, 0.5) is 0 Å². The lowest BCUT2D eigenvalue weighted by Crippen LogP contribution is -2.42. The molecule has 7 nitrogen and oxygen atoms in total. The number of rotatable bonds is 7. The third-order valence-corrected chi connectivity index (χ3v) is 7.13. The average Bonchev–Trinajstić information content (AvgIpc) is 3.24. The van der Waals surface area contributed by atoms with E-state index in [2.05, 4.69) is 15.2 Å². The first-order valence-electron chi connectivity index (χ1n) is 9.00. The highest BCUT2D eigenvalue weighted by Crippen LogP contribution is 2.22. The lowest BCUT2D eigenvalue weighted by molar-refractivity contribution is -0.130. The number of carbonyl (C=O) groups excluding carboxylic acids is 1. The minimum atomic E-state index is -3.02. The number of benzene rings is 1. The Labute approximate surface area is 163 Å². The summed E-state index contributed by atoms with van der Waals surface area (Å²) in [6, 6.07) is 7.75. The summed E-state index contributed by atoms with van der Waals surface area (Å²) in [7, 11) is -3.02. The van der Waals surface area contributed by atoms with Crippen LogP contribution in [0, 0.1) is 6.92 Å². The zero-order chi connectivity index (χ0) is 19.4. The van der Waals surface area contributed by atoms with Crippen molar-refractivity contribution >= 4 is 27.5 Å². The molecule has 1 aromatic heterocycles. The number of thioether (sulfide) groups is 1. The van der Waals surface area contributed by atoms with Crippen molar-refractivity contribution in [3.8, 4) is 11.4 Å². The molecule has 2 heterocycles. The number of aromatic amines is 1. The summed E-state index contributed by atoms with van der Waals surface area (Å²) in [5.74, 6) is 1.03. The van der Waals surface area contributed by atoms with Gasteiger partial charge >= 0.3 is 0 Å². The van der Waals surface area contributed by atoms with E-state index in [1.807, 2.05) is 38.1 Å². The lowest BCUT2D eigenvalue weighted by atomic mass is 10.1. The fourth-order valence-corrected chi connectivity index (χ4v) is 5.55. The Morgan fingerprint density at radius 2 is 2.07 bits per heavy atom. The maximum absolute atomic E-state index is 12.7. The number of nitrogens with one attached hydrogen (secondary N) is 1. The largest absolute Gasteiger partial charge is 0.338 e. The predicted molar refractivity (Wildman–Crippen MR) is 106 cm³/mol.